The van der Waals surface area contributed by atoms with Gasteiger partial charge in [-0.2, -0.15) is 0 Å². The third kappa shape index (κ3) is 3.59. The van der Waals surface area contributed by atoms with Crippen molar-refractivity contribution in [1.29, 1.82) is 0 Å². The lowest BCUT2D eigenvalue weighted by Crippen LogP contribution is -2.47. The van der Waals surface area contributed by atoms with Gasteiger partial charge in [-0.1, -0.05) is 0 Å². The molecule has 3 aliphatic heterocycles. The number of likely N-dealkylation sites (tertiary alicyclic amines) is 2. The van der Waals surface area contributed by atoms with Crippen LogP contribution in [0.1, 0.15) is 25.7 Å². The molecule has 3 aliphatic rings. The van der Waals surface area contributed by atoms with Crippen LogP contribution in [0.3, 0.4) is 0 Å². The van der Waals surface area contributed by atoms with Crippen molar-refractivity contribution in [2.75, 3.05) is 52.9 Å². The average Bonchev–Trinajstić information content (AvgIpc) is 3.08. The van der Waals surface area contributed by atoms with Gasteiger partial charge in [0.1, 0.15) is 6.54 Å². The molecule has 4 amide bonds. The van der Waals surface area contributed by atoms with E-state index in [2.05, 4.69) is 0 Å². The summed E-state index contributed by atoms with van der Waals surface area (Å²) in [7, 11) is 1.76. The van der Waals surface area contributed by atoms with Crippen LogP contribution in [0.2, 0.25) is 0 Å². The average molecular weight is 322 g/mol. The summed E-state index contributed by atoms with van der Waals surface area (Å²) in [4.78, 5) is 43.2. The number of hydrogen-bond donors (Lipinski definition) is 0. The highest BCUT2D eigenvalue weighted by Crippen LogP contribution is 2.21. The molecule has 0 aromatic heterocycles. The molecule has 0 spiro atoms. The number of rotatable bonds is 4. The second kappa shape index (κ2) is 6.76. The first-order valence-corrected chi connectivity index (χ1v) is 8.60. The summed E-state index contributed by atoms with van der Waals surface area (Å²) in [6.45, 7) is 4.60. The lowest BCUT2D eigenvalue weighted by molar-refractivity contribution is -0.134. The van der Waals surface area contributed by atoms with Gasteiger partial charge < -0.3 is 19.6 Å². The van der Waals surface area contributed by atoms with Crippen LogP contribution in [0.25, 0.3) is 0 Å². The van der Waals surface area contributed by atoms with E-state index in [1.165, 1.54) is 0 Å². The summed E-state index contributed by atoms with van der Waals surface area (Å²) < 4.78 is 0. The van der Waals surface area contributed by atoms with Gasteiger partial charge in [0.15, 0.2) is 0 Å². The minimum Gasteiger partial charge on any atom is -0.342 e. The number of hydrogen-bond acceptors (Lipinski definition) is 3. The molecule has 128 valence electrons. The molecule has 3 heterocycles. The Morgan fingerprint density at radius 2 is 1.91 bits per heavy atom. The highest BCUT2D eigenvalue weighted by Gasteiger charge is 2.31. The Hall–Kier alpha value is -1.79. The van der Waals surface area contributed by atoms with Gasteiger partial charge in [-0.15, -0.1) is 0 Å². The van der Waals surface area contributed by atoms with E-state index in [9.17, 15) is 14.4 Å². The van der Waals surface area contributed by atoms with Crippen molar-refractivity contribution in [3.05, 3.63) is 0 Å². The summed E-state index contributed by atoms with van der Waals surface area (Å²) in [6.07, 6.45) is 3.67. The SMILES string of the molecule is CN1CCN(CC(=O)N2CCCC(CN3CCCC3=O)C2)C1=O. The number of amides is 4. The maximum Gasteiger partial charge on any atom is 0.320 e. The fourth-order valence-electron chi connectivity index (χ4n) is 3.76. The second-order valence-corrected chi connectivity index (χ2v) is 6.92. The molecule has 7 nitrogen and oxygen atoms in total. The van der Waals surface area contributed by atoms with E-state index in [1.807, 2.05) is 9.80 Å². The first-order chi connectivity index (χ1) is 11.0. The molecule has 1 atom stereocenters. The monoisotopic (exact) mass is 322 g/mol. The Bertz CT molecular complexity index is 496. The maximum absolute atomic E-state index is 12.5. The van der Waals surface area contributed by atoms with Crippen molar-refractivity contribution in [3.63, 3.8) is 0 Å². The zero-order valence-electron chi connectivity index (χ0n) is 13.9. The van der Waals surface area contributed by atoms with Crippen molar-refractivity contribution < 1.29 is 14.4 Å². The van der Waals surface area contributed by atoms with Crippen LogP contribution in [0.4, 0.5) is 4.79 Å². The van der Waals surface area contributed by atoms with Gasteiger partial charge in [0.25, 0.3) is 0 Å². The molecule has 0 aromatic carbocycles. The van der Waals surface area contributed by atoms with Crippen LogP contribution >= 0.6 is 0 Å². The minimum atomic E-state index is -0.0606. The topological polar surface area (TPSA) is 64.2 Å². The Kier molecular flexibility index (Phi) is 4.73. The molecule has 1 unspecified atom stereocenters. The maximum atomic E-state index is 12.5. The largest absolute Gasteiger partial charge is 0.342 e. The highest BCUT2D eigenvalue weighted by atomic mass is 16.2. The van der Waals surface area contributed by atoms with Crippen LogP contribution in [0, 0.1) is 5.92 Å². The van der Waals surface area contributed by atoms with Crippen LogP contribution in [0.5, 0.6) is 0 Å². The Labute approximate surface area is 137 Å². The van der Waals surface area contributed by atoms with Crippen molar-refractivity contribution in [3.8, 4) is 0 Å². The van der Waals surface area contributed by atoms with Crippen molar-refractivity contribution in [2.24, 2.45) is 5.92 Å². The van der Waals surface area contributed by atoms with Gasteiger partial charge in [0, 0.05) is 52.7 Å². The molecule has 0 N–H and O–H groups in total. The normalized spacial score (nSPS) is 25.7. The first-order valence-electron chi connectivity index (χ1n) is 8.60. The van der Waals surface area contributed by atoms with Gasteiger partial charge in [0.05, 0.1) is 0 Å². The third-order valence-electron chi connectivity index (χ3n) is 5.15. The van der Waals surface area contributed by atoms with Crippen molar-refractivity contribution in [2.45, 2.75) is 25.7 Å². The predicted molar refractivity (Wildman–Crippen MR) is 84.7 cm³/mol. The van der Waals surface area contributed by atoms with E-state index < -0.39 is 0 Å². The van der Waals surface area contributed by atoms with Crippen molar-refractivity contribution >= 4 is 17.8 Å². The molecule has 7 heteroatoms. The Morgan fingerprint density at radius 1 is 1.09 bits per heavy atom. The standard InChI is InChI=1S/C16H26N4O3/c1-17-8-9-20(16(17)23)12-15(22)19-6-2-4-13(11-19)10-18-7-3-5-14(18)21/h13H,2-12H2,1H3. The zero-order valence-corrected chi connectivity index (χ0v) is 13.9. The van der Waals surface area contributed by atoms with Crippen molar-refractivity contribution in [1.82, 2.24) is 19.6 Å². The summed E-state index contributed by atoms with van der Waals surface area (Å²) in [6, 6.07) is -0.0606. The highest BCUT2D eigenvalue weighted by molar-refractivity contribution is 5.85. The van der Waals surface area contributed by atoms with Gasteiger partial charge in [-0.05, 0) is 25.2 Å². The number of urea groups is 1. The van der Waals surface area contributed by atoms with Crippen LogP contribution < -0.4 is 0 Å². The lowest BCUT2D eigenvalue weighted by atomic mass is 9.97. The Balaban J connectivity index is 1.50. The van der Waals surface area contributed by atoms with Gasteiger partial charge in [0.2, 0.25) is 11.8 Å². The number of carbonyl (C=O) groups excluding carboxylic acids is 3. The minimum absolute atomic E-state index is 0.0334. The number of likely N-dealkylation sites (N-methyl/N-ethyl adjacent to an activating group) is 1. The molecule has 23 heavy (non-hydrogen) atoms. The molecular formula is C16H26N4O3. The van der Waals surface area contributed by atoms with Crippen LogP contribution in [-0.4, -0.2) is 90.3 Å². The van der Waals surface area contributed by atoms with E-state index in [0.29, 0.717) is 32.0 Å². The second-order valence-electron chi connectivity index (χ2n) is 6.92. The summed E-state index contributed by atoms with van der Waals surface area (Å²) in [5.41, 5.74) is 0. The lowest BCUT2D eigenvalue weighted by Gasteiger charge is -2.35. The number of piperidine rings is 1. The smallest absolute Gasteiger partial charge is 0.320 e. The molecule has 0 saturated carbocycles. The molecule has 0 aliphatic carbocycles. The molecular weight excluding hydrogens is 296 g/mol. The fraction of sp³-hybridized carbons (Fsp3) is 0.812. The van der Waals surface area contributed by atoms with Crippen LogP contribution in [0.15, 0.2) is 0 Å². The molecule has 0 bridgehead atoms. The van der Waals surface area contributed by atoms with Crippen LogP contribution in [-0.2, 0) is 9.59 Å². The quantitative estimate of drug-likeness (QED) is 0.743. The zero-order chi connectivity index (χ0) is 16.4. The van der Waals surface area contributed by atoms with E-state index in [-0.39, 0.29) is 24.4 Å². The molecule has 3 rings (SSSR count). The Morgan fingerprint density at radius 3 is 2.57 bits per heavy atom. The number of carbonyl (C=O) groups is 3. The number of nitrogens with zero attached hydrogens (tertiary/aromatic N) is 4. The molecule has 0 aromatic rings. The predicted octanol–water partition coefficient (Wildman–Crippen LogP) is 0.215. The van der Waals surface area contributed by atoms with Gasteiger partial charge in [-0.25, -0.2) is 4.79 Å². The van der Waals surface area contributed by atoms with Gasteiger partial charge in [-0.3, -0.25) is 9.59 Å². The molecule has 0 radical (unpaired) electrons. The van der Waals surface area contributed by atoms with E-state index >= 15 is 0 Å². The molecule has 3 fully saturated rings. The fourth-order valence-corrected chi connectivity index (χ4v) is 3.76. The van der Waals surface area contributed by atoms with E-state index in [1.54, 1.807) is 16.8 Å². The summed E-state index contributed by atoms with van der Waals surface area (Å²) in [5.74, 6) is 0.650. The van der Waals surface area contributed by atoms with E-state index in [0.717, 1.165) is 38.9 Å². The van der Waals surface area contributed by atoms with Gasteiger partial charge >= 0.3 is 6.03 Å². The van der Waals surface area contributed by atoms with E-state index in [4.69, 9.17) is 0 Å². The summed E-state index contributed by atoms with van der Waals surface area (Å²) >= 11 is 0. The molecule has 3 saturated heterocycles. The first kappa shape index (κ1) is 16.1. The summed E-state index contributed by atoms with van der Waals surface area (Å²) in [5, 5.41) is 0. The third-order valence-corrected chi connectivity index (χ3v) is 5.15.